The van der Waals surface area contributed by atoms with E-state index in [1.807, 2.05) is 69.4 Å². The quantitative estimate of drug-likeness (QED) is 0.145. The van der Waals surface area contributed by atoms with Gasteiger partial charge in [0.05, 0.1) is 0 Å². The summed E-state index contributed by atoms with van der Waals surface area (Å²) < 4.78 is 35.0. The molecule has 0 aliphatic carbocycles. The maximum absolute atomic E-state index is 14.6. The maximum atomic E-state index is 14.6. The van der Waals surface area contributed by atoms with Crippen LogP contribution in [0.3, 0.4) is 0 Å². The van der Waals surface area contributed by atoms with Crippen molar-refractivity contribution >= 4 is 106 Å². The summed E-state index contributed by atoms with van der Waals surface area (Å²) in [6.07, 6.45) is 0. The molecule has 9 rings (SSSR count). The monoisotopic (exact) mass is 905 g/mol. The van der Waals surface area contributed by atoms with Gasteiger partial charge in [-0.3, -0.25) is 0 Å². The van der Waals surface area contributed by atoms with Gasteiger partial charge in [-0.25, -0.2) is 8.78 Å². The van der Waals surface area contributed by atoms with Gasteiger partial charge in [-0.15, -0.1) is 0 Å². The number of benzene rings is 7. The fourth-order valence-electron chi connectivity index (χ4n) is 7.48. The van der Waals surface area contributed by atoms with E-state index < -0.39 is 0 Å². The molecule has 0 unspecified atom stereocenters. The molecule has 52 heavy (non-hydrogen) atoms. The summed E-state index contributed by atoms with van der Waals surface area (Å²) >= 11 is 4.07. The largest absolute Gasteiger partial charge is 0.336 e. The Hall–Kier alpha value is -4.74. The van der Waals surface area contributed by atoms with Crippen LogP contribution in [0.2, 0.25) is 0 Å². The van der Waals surface area contributed by atoms with Crippen molar-refractivity contribution in [3.8, 4) is 0 Å². The van der Waals surface area contributed by atoms with Crippen LogP contribution in [0.4, 0.5) is 25.8 Å². The van der Waals surface area contributed by atoms with Crippen molar-refractivity contribution in [2.24, 2.45) is 0 Å². The van der Waals surface area contributed by atoms with Crippen molar-refractivity contribution in [1.29, 1.82) is 0 Å². The summed E-state index contributed by atoms with van der Waals surface area (Å²) in [7, 11) is 0. The van der Waals surface area contributed by atoms with Gasteiger partial charge in [0.1, 0.15) is 11.6 Å². The molecule has 0 amide bonds. The molecule has 7 heteroatoms. The van der Waals surface area contributed by atoms with Gasteiger partial charge in [0.15, 0.2) is 0 Å². The smallest absolute Gasteiger partial charge is 0.136 e. The molecule has 0 atom stereocenters. The van der Waals surface area contributed by atoms with E-state index in [2.05, 4.69) is 130 Å². The lowest BCUT2D eigenvalue weighted by Crippen LogP contribution is -2.10. The number of anilines is 3. The Bertz CT molecular complexity index is 2650. The van der Waals surface area contributed by atoms with E-state index in [0.717, 1.165) is 71.8 Å². The first kappa shape index (κ1) is 33.1. The third-order valence-electron chi connectivity index (χ3n) is 9.97. The van der Waals surface area contributed by atoms with E-state index in [4.69, 9.17) is 0 Å². The predicted octanol–water partition coefficient (Wildman–Crippen LogP) is 13.3. The van der Waals surface area contributed by atoms with Crippen LogP contribution in [0, 0.1) is 25.7 Å². The Balaban J connectivity index is 1.21. The molecule has 0 bridgehead atoms. The third kappa shape index (κ3) is 5.84. The Morgan fingerprint density at radius 2 is 0.885 bits per heavy atom. The van der Waals surface area contributed by atoms with Gasteiger partial charge in [0.2, 0.25) is 0 Å². The van der Waals surface area contributed by atoms with Crippen LogP contribution < -0.4 is 4.90 Å². The summed E-state index contributed by atoms with van der Waals surface area (Å²) in [6.45, 7) is 3.23. The Kier molecular flexibility index (Phi) is 8.50. The highest BCUT2D eigenvalue weighted by molar-refractivity contribution is 14.1. The molecule has 0 fully saturated rings. The molecular formula is C45H31F2I2N3. The number of fused-ring (bicyclic) bond motifs is 6. The SMILES string of the molecule is Cc1ccc(N(c2ccc3c(c2)c2ccccc2n3Cc2ccc(I)c(F)c2)c2ccc3c(c2)c2ccccc2n3Cc2ccc(I)c(F)c2)cc1. The first-order valence-corrected chi connectivity index (χ1v) is 19.2. The Morgan fingerprint density at radius 3 is 1.35 bits per heavy atom. The molecule has 254 valence electrons. The van der Waals surface area contributed by atoms with Crippen LogP contribution in [0.15, 0.2) is 146 Å². The summed E-state index contributed by atoms with van der Waals surface area (Å²) in [6, 6.07) is 49.8. The van der Waals surface area contributed by atoms with E-state index in [0.29, 0.717) is 20.2 Å². The summed E-state index contributed by atoms with van der Waals surface area (Å²) in [5.74, 6) is -0.391. The van der Waals surface area contributed by atoms with Crippen molar-refractivity contribution in [3.63, 3.8) is 0 Å². The highest BCUT2D eigenvalue weighted by Gasteiger charge is 2.19. The summed E-state index contributed by atoms with van der Waals surface area (Å²) in [4.78, 5) is 2.32. The zero-order valence-electron chi connectivity index (χ0n) is 28.1. The van der Waals surface area contributed by atoms with Crippen molar-refractivity contribution < 1.29 is 8.78 Å². The zero-order valence-corrected chi connectivity index (χ0v) is 32.4. The van der Waals surface area contributed by atoms with Crippen LogP contribution in [-0.4, -0.2) is 9.13 Å². The van der Waals surface area contributed by atoms with Gasteiger partial charge in [0.25, 0.3) is 0 Å². The number of hydrogen-bond acceptors (Lipinski definition) is 1. The highest BCUT2D eigenvalue weighted by atomic mass is 127. The molecule has 0 saturated heterocycles. The van der Waals surface area contributed by atoms with Crippen LogP contribution in [-0.2, 0) is 13.1 Å². The van der Waals surface area contributed by atoms with Crippen LogP contribution in [0.25, 0.3) is 43.6 Å². The van der Waals surface area contributed by atoms with Crippen molar-refractivity contribution in [1.82, 2.24) is 9.13 Å². The average Bonchev–Trinajstić information content (AvgIpc) is 3.64. The Morgan fingerprint density at radius 1 is 0.462 bits per heavy atom. The van der Waals surface area contributed by atoms with E-state index in [9.17, 15) is 8.78 Å². The highest BCUT2D eigenvalue weighted by Crippen LogP contribution is 2.41. The number of aryl methyl sites for hydroxylation is 1. The van der Waals surface area contributed by atoms with Gasteiger partial charge < -0.3 is 14.0 Å². The van der Waals surface area contributed by atoms with Crippen LogP contribution >= 0.6 is 45.2 Å². The lowest BCUT2D eigenvalue weighted by atomic mass is 10.1. The zero-order chi connectivity index (χ0) is 35.5. The number of rotatable bonds is 7. The van der Waals surface area contributed by atoms with Gasteiger partial charge in [0, 0.05) is 80.9 Å². The second-order valence-corrected chi connectivity index (χ2v) is 15.6. The molecule has 0 aliphatic heterocycles. The van der Waals surface area contributed by atoms with Gasteiger partial charge in [-0.2, -0.15) is 0 Å². The molecular weight excluding hydrogens is 874 g/mol. The van der Waals surface area contributed by atoms with E-state index in [-0.39, 0.29) is 11.6 Å². The van der Waals surface area contributed by atoms with Crippen molar-refractivity contribution in [3.05, 3.63) is 181 Å². The van der Waals surface area contributed by atoms with E-state index >= 15 is 0 Å². The molecule has 0 N–H and O–H groups in total. The van der Waals surface area contributed by atoms with E-state index in [1.54, 1.807) is 12.1 Å². The molecule has 7 aromatic carbocycles. The lowest BCUT2D eigenvalue weighted by Gasteiger charge is -2.26. The minimum absolute atomic E-state index is 0.196. The van der Waals surface area contributed by atoms with Gasteiger partial charge >= 0.3 is 0 Å². The second-order valence-electron chi connectivity index (χ2n) is 13.3. The lowest BCUT2D eigenvalue weighted by molar-refractivity contribution is 0.616. The van der Waals surface area contributed by atoms with Crippen molar-refractivity contribution in [2.75, 3.05) is 4.90 Å². The van der Waals surface area contributed by atoms with E-state index in [1.165, 1.54) is 5.56 Å². The van der Waals surface area contributed by atoms with Gasteiger partial charge in [-0.1, -0.05) is 66.2 Å². The molecule has 3 nitrogen and oxygen atoms in total. The van der Waals surface area contributed by atoms with Crippen LogP contribution in [0.5, 0.6) is 0 Å². The fraction of sp³-hybridized carbons (Fsp3) is 0.0667. The number of para-hydroxylation sites is 2. The molecule has 2 aromatic heterocycles. The van der Waals surface area contributed by atoms with Crippen LogP contribution in [0.1, 0.15) is 16.7 Å². The minimum Gasteiger partial charge on any atom is -0.336 e. The van der Waals surface area contributed by atoms with Gasteiger partial charge in [-0.05, 0) is 148 Å². The third-order valence-corrected chi connectivity index (χ3v) is 11.7. The molecule has 0 saturated carbocycles. The molecule has 9 aromatic rings. The molecule has 0 aliphatic rings. The molecule has 2 heterocycles. The summed E-state index contributed by atoms with van der Waals surface area (Å²) in [5.41, 5.74) is 10.6. The fourth-order valence-corrected chi connectivity index (χ4v) is 8.16. The first-order chi connectivity index (χ1) is 25.3. The standard InChI is InChI=1S/C45H31F2I2N3/c1-28-10-14-31(15-11-28)52(32-16-20-44-36(24-32)34-6-2-4-8-42(34)50(44)26-29-12-18-40(48)38(46)22-29)33-17-21-45-37(25-33)35-7-3-5-9-43(35)51(45)27-30-13-19-41(49)39(47)23-30/h2-25H,26-27H2,1H3. The molecule has 0 spiro atoms. The predicted molar refractivity (Wildman–Crippen MR) is 228 cm³/mol. The van der Waals surface area contributed by atoms with Crippen molar-refractivity contribution in [2.45, 2.75) is 20.0 Å². The first-order valence-electron chi connectivity index (χ1n) is 17.1. The maximum Gasteiger partial charge on any atom is 0.136 e. The average molecular weight is 906 g/mol. The number of nitrogens with zero attached hydrogens (tertiary/aromatic N) is 3. The Labute approximate surface area is 327 Å². The topological polar surface area (TPSA) is 13.1 Å². The minimum atomic E-state index is -0.196. The number of aromatic nitrogens is 2. The second kappa shape index (κ2) is 13.3. The normalized spacial score (nSPS) is 11.7. The number of hydrogen-bond donors (Lipinski definition) is 0. The number of halogens is 4. The molecule has 0 radical (unpaired) electrons. The summed E-state index contributed by atoms with van der Waals surface area (Å²) in [5, 5.41) is 4.58.